The standard InChI is InChI=1S/C18H30N2O2/c1-13(2)16-10-15(8-9-21-16)19-11-14-6-7-17(20-12-14)22-18(3,4)5/h6-7,12-13,15-16,19H,8-11H2,1-5H3. The van der Waals surface area contributed by atoms with Crippen molar-refractivity contribution >= 4 is 0 Å². The maximum atomic E-state index is 5.81. The zero-order chi connectivity index (χ0) is 16.2. The van der Waals surface area contributed by atoms with Gasteiger partial charge < -0.3 is 14.8 Å². The molecule has 0 spiro atoms. The van der Waals surface area contributed by atoms with E-state index in [1.165, 1.54) is 5.56 Å². The third-order valence-electron chi connectivity index (χ3n) is 3.86. The number of pyridine rings is 1. The number of rotatable bonds is 5. The lowest BCUT2D eigenvalue weighted by molar-refractivity contribution is -0.0245. The summed E-state index contributed by atoms with van der Waals surface area (Å²) in [6.45, 7) is 12.2. The van der Waals surface area contributed by atoms with E-state index in [0.717, 1.165) is 26.0 Å². The SMILES string of the molecule is CC(C)C1CC(NCc2ccc(OC(C)(C)C)nc2)CCO1. The molecule has 2 atom stereocenters. The quantitative estimate of drug-likeness (QED) is 0.903. The van der Waals surface area contributed by atoms with Crippen molar-refractivity contribution in [1.82, 2.24) is 10.3 Å². The van der Waals surface area contributed by atoms with Crippen LogP contribution in [0.15, 0.2) is 18.3 Å². The molecular weight excluding hydrogens is 276 g/mol. The third kappa shape index (κ3) is 5.58. The van der Waals surface area contributed by atoms with Crippen LogP contribution in [0.2, 0.25) is 0 Å². The highest BCUT2D eigenvalue weighted by atomic mass is 16.5. The predicted molar refractivity (Wildman–Crippen MR) is 89.1 cm³/mol. The van der Waals surface area contributed by atoms with Gasteiger partial charge in [0.15, 0.2) is 0 Å². The summed E-state index contributed by atoms with van der Waals surface area (Å²) in [5.41, 5.74) is 0.981. The summed E-state index contributed by atoms with van der Waals surface area (Å²) in [7, 11) is 0. The molecule has 1 aromatic heterocycles. The molecule has 2 unspecified atom stereocenters. The molecule has 0 aromatic carbocycles. The minimum atomic E-state index is -0.208. The van der Waals surface area contributed by atoms with E-state index in [-0.39, 0.29) is 5.60 Å². The molecule has 4 heteroatoms. The van der Waals surface area contributed by atoms with Crippen molar-refractivity contribution in [2.45, 2.75) is 71.8 Å². The van der Waals surface area contributed by atoms with E-state index >= 15 is 0 Å². The predicted octanol–water partition coefficient (Wildman–Crippen LogP) is 3.55. The number of nitrogens with zero attached hydrogens (tertiary/aromatic N) is 1. The van der Waals surface area contributed by atoms with Crippen LogP contribution in [-0.4, -0.2) is 29.3 Å². The van der Waals surface area contributed by atoms with Crippen LogP contribution < -0.4 is 10.1 Å². The van der Waals surface area contributed by atoms with E-state index in [1.807, 2.05) is 33.0 Å². The summed E-state index contributed by atoms with van der Waals surface area (Å²) in [6, 6.07) is 4.57. The van der Waals surface area contributed by atoms with E-state index in [4.69, 9.17) is 9.47 Å². The molecule has 0 bridgehead atoms. The average molecular weight is 306 g/mol. The van der Waals surface area contributed by atoms with Crippen molar-refractivity contribution in [2.75, 3.05) is 6.61 Å². The minimum Gasteiger partial charge on any atom is -0.472 e. The van der Waals surface area contributed by atoms with Crippen molar-refractivity contribution in [3.8, 4) is 5.88 Å². The van der Waals surface area contributed by atoms with Crippen LogP contribution in [0.5, 0.6) is 5.88 Å². The van der Waals surface area contributed by atoms with Gasteiger partial charge in [0, 0.05) is 31.5 Å². The molecule has 1 saturated heterocycles. The molecule has 0 saturated carbocycles. The van der Waals surface area contributed by atoms with Gasteiger partial charge in [0.2, 0.25) is 5.88 Å². The fraction of sp³-hybridized carbons (Fsp3) is 0.722. The first-order chi connectivity index (χ1) is 10.3. The van der Waals surface area contributed by atoms with Crippen molar-refractivity contribution in [2.24, 2.45) is 5.92 Å². The number of aromatic nitrogens is 1. The smallest absolute Gasteiger partial charge is 0.213 e. The Kier molecular flexibility index (Phi) is 5.81. The Morgan fingerprint density at radius 3 is 2.73 bits per heavy atom. The highest BCUT2D eigenvalue weighted by molar-refractivity contribution is 5.18. The van der Waals surface area contributed by atoms with Crippen molar-refractivity contribution in [3.05, 3.63) is 23.9 Å². The summed E-state index contributed by atoms with van der Waals surface area (Å²) >= 11 is 0. The van der Waals surface area contributed by atoms with Gasteiger partial charge in [0.05, 0.1) is 6.10 Å². The lowest BCUT2D eigenvalue weighted by Crippen LogP contribution is -2.40. The van der Waals surface area contributed by atoms with Crippen molar-refractivity contribution in [3.63, 3.8) is 0 Å². The largest absolute Gasteiger partial charge is 0.472 e. The van der Waals surface area contributed by atoms with Gasteiger partial charge in [-0.25, -0.2) is 4.98 Å². The first-order valence-electron chi connectivity index (χ1n) is 8.32. The van der Waals surface area contributed by atoms with Gasteiger partial charge in [0.1, 0.15) is 5.60 Å². The summed E-state index contributed by atoms with van der Waals surface area (Å²) in [6.07, 6.45) is 4.46. The lowest BCUT2D eigenvalue weighted by Gasteiger charge is -2.32. The van der Waals surface area contributed by atoms with E-state index < -0.39 is 0 Å². The van der Waals surface area contributed by atoms with Crippen LogP contribution in [0.25, 0.3) is 0 Å². The topological polar surface area (TPSA) is 43.4 Å². The van der Waals surface area contributed by atoms with Crippen molar-refractivity contribution in [1.29, 1.82) is 0 Å². The molecule has 22 heavy (non-hydrogen) atoms. The fourth-order valence-corrected chi connectivity index (χ4v) is 2.63. The number of ether oxygens (including phenoxy) is 2. The summed E-state index contributed by atoms with van der Waals surface area (Å²) in [5, 5.41) is 3.63. The van der Waals surface area contributed by atoms with Crippen LogP contribution in [0.4, 0.5) is 0 Å². The van der Waals surface area contributed by atoms with Crippen LogP contribution >= 0.6 is 0 Å². The van der Waals surface area contributed by atoms with Crippen LogP contribution in [-0.2, 0) is 11.3 Å². The third-order valence-corrected chi connectivity index (χ3v) is 3.86. The summed E-state index contributed by atoms with van der Waals surface area (Å²) < 4.78 is 11.6. The molecule has 4 nitrogen and oxygen atoms in total. The Bertz CT molecular complexity index is 451. The average Bonchev–Trinajstić information content (AvgIpc) is 2.45. The minimum absolute atomic E-state index is 0.208. The van der Waals surface area contributed by atoms with E-state index in [9.17, 15) is 0 Å². The fourth-order valence-electron chi connectivity index (χ4n) is 2.63. The second kappa shape index (κ2) is 7.42. The first kappa shape index (κ1) is 17.2. The Morgan fingerprint density at radius 1 is 1.36 bits per heavy atom. The Morgan fingerprint density at radius 2 is 2.14 bits per heavy atom. The van der Waals surface area contributed by atoms with Gasteiger partial charge in [0.25, 0.3) is 0 Å². The second-order valence-corrected chi connectivity index (χ2v) is 7.47. The molecule has 1 fully saturated rings. The normalized spacial score (nSPS) is 22.8. The first-order valence-corrected chi connectivity index (χ1v) is 8.32. The highest BCUT2D eigenvalue weighted by Crippen LogP contribution is 2.21. The highest BCUT2D eigenvalue weighted by Gasteiger charge is 2.24. The van der Waals surface area contributed by atoms with Gasteiger partial charge in [-0.3, -0.25) is 0 Å². The van der Waals surface area contributed by atoms with Gasteiger partial charge in [-0.05, 0) is 45.1 Å². The van der Waals surface area contributed by atoms with Gasteiger partial charge in [-0.2, -0.15) is 0 Å². The molecule has 0 aliphatic carbocycles. The zero-order valence-corrected chi connectivity index (χ0v) is 14.6. The summed E-state index contributed by atoms with van der Waals surface area (Å²) in [4.78, 5) is 4.38. The van der Waals surface area contributed by atoms with E-state index in [2.05, 4.69) is 30.2 Å². The number of nitrogens with one attached hydrogen (secondary N) is 1. The van der Waals surface area contributed by atoms with E-state index in [0.29, 0.717) is 23.9 Å². The molecule has 1 N–H and O–H groups in total. The molecule has 2 rings (SSSR count). The van der Waals surface area contributed by atoms with E-state index in [1.54, 1.807) is 0 Å². The Labute approximate surface area is 134 Å². The van der Waals surface area contributed by atoms with Gasteiger partial charge >= 0.3 is 0 Å². The molecule has 1 aromatic rings. The Hall–Kier alpha value is -1.13. The van der Waals surface area contributed by atoms with Crippen LogP contribution in [0.1, 0.15) is 53.0 Å². The zero-order valence-electron chi connectivity index (χ0n) is 14.6. The van der Waals surface area contributed by atoms with Gasteiger partial charge in [-0.1, -0.05) is 19.9 Å². The molecule has 124 valence electrons. The summed E-state index contributed by atoms with van der Waals surface area (Å²) in [5.74, 6) is 1.27. The number of hydrogen-bond donors (Lipinski definition) is 1. The maximum absolute atomic E-state index is 5.81. The van der Waals surface area contributed by atoms with Gasteiger partial charge in [-0.15, -0.1) is 0 Å². The molecule has 1 aliphatic heterocycles. The molecule has 2 heterocycles. The second-order valence-electron chi connectivity index (χ2n) is 7.47. The van der Waals surface area contributed by atoms with Crippen molar-refractivity contribution < 1.29 is 9.47 Å². The lowest BCUT2D eigenvalue weighted by atomic mass is 9.95. The molecule has 0 amide bonds. The molecule has 1 aliphatic rings. The maximum Gasteiger partial charge on any atom is 0.213 e. The van der Waals surface area contributed by atoms with Crippen LogP contribution in [0.3, 0.4) is 0 Å². The van der Waals surface area contributed by atoms with Crippen LogP contribution in [0, 0.1) is 5.92 Å². The molecular formula is C18H30N2O2. The number of hydrogen-bond acceptors (Lipinski definition) is 4. The molecule has 0 radical (unpaired) electrons. The monoisotopic (exact) mass is 306 g/mol. The Balaban J connectivity index is 1.81.